The molecule has 1 aromatic rings. The number of rotatable bonds is 9. The minimum absolute atomic E-state index is 0.0805. The van der Waals surface area contributed by atoms with Gasteiger partial charge >= 0.3 is 17.9 Å². The van der Waals surface area contributed by atoms with Gasteiger partial charge in [-0.1, -0.05) is 39.0 Å². The normalized spacial score (nSPS) is 38.9. The Morgan fingerprint density at radius 2 is 1.74 bits per heavy atom. The summed E-state index contributed by atoms with van der Waals surface area (Å²) in [7, 11) is 3.76. The molecule has 12 atom stereocenters. The van der Waals surface area contributed by atoms with E-state index in [1.807, 2.05) is 46.7 Å². The highest BCUT2D eigenvalue weighted by Crippen LogP contribution is 2.66. The molecule has 1 aromatic carbocycles. The molecule has 14 heteroatoms. The number of aliphatic hydroxyl groups excluding tert-OH is 1. The Balaban J connectivity index is 1.59. The van der Waals surface area contributed by atoms with Crippen molar-refractivity contribution in [2.75, 3.05) is 27.2 Å². The number of carbonyl (C=O) groups is 4. The molecular formula is C39H54N2O12. The average molecular weight is 743 g/mol. The first-order valence-corrected chi connectivity index (χ1v) is 18.4. The van der Waals surface area contributed by atoms with Gasteiger partial charge < -0.3 is 48.9 Å². The molecule has 0 spiro atoms. The highest BCUT2D eigenvalue weighted by atomic mass is 16.7. The van der Waals surface area contributed by atoms with Crippen molar-refractivity contribution in [2.24, 2.45) is 16.7 Å². The summed E-state index contributed by atoms with van der Waals surface area (Å²) in [4.78, 5) is 54.3. The van der Waals surface area contributed by atoms with Gasteiger partial charge in [-0.25, -0.2) is 4.79 Å². The number of ether oxygens (including phenoxy) is 6. The first-order chi connectivity index (χ1) is 24.8. The van der Waals surface area contributed by atoms with E-state index in [0.29, 0.717) is 17.7 Å². The lowest BCUT2D eigenvalue weighted by molar-refractivity contribution is -0.362. The van der Waals surface area contributed by atoms with Gasteiger partial charge in [-0.15, -0.1) is 0 Å². The van der Waals surface area contributed by atoms with Crippen molar-refractivity contribution < 1.29 is 57.8 Å². The average Bonchev–Trinajstić information content (AvgIpc) is 3.45. The summed E-state index contributed by atoms with van der Waals surface area (Å²) in [5.41, 5.74) is -4.64. The number of amides is 1. The van der Waals surface area contributed by atoms with E-state index in [2.05, 4.69) is 5.32 Å². The minimum Gasteiger partial charge on any atom is -0.458 e. The molecule has 292 valence electrons. The van der Waals surface area contributed by atoms with Gasteiger partial charge in [0.15, 0.2) is 11.9 Å². The maximum Gasteiger partial charge on any atom is 0.338 e. The lowest BCUT2D eigenvalue weighted by Gasteiger charge is -2.68. The van der Waals surface area contributed by atoms with Gasteiger partial charge in [0.2, 0.25) is 5.91 Å². The van der Waals surface area contributed by atoms with E-state index >= 15 is 0 Å². The molecule has 0 aromatic heterocycles. The van der Waals surface area contributed by atoms with Gasteiger partial charge in [0.05, 0.1) is 36.7 Å². The SMILES string of the molecule is CC(=O)NC(C)CC(=O)OC1CC2(O)C(OC(=O)c3ccccc3)C3C4(OC(C)=O)COC4CC(O)C3(C)C3OC(CN(C)C)OC3C(=C1C)C2(C)C. The van der Waals surface area contributed by atoms with Gasteiger partial charge in [0.1, 0.15) is 30.0 Å². The molecule has 2 bridgehead atoms. The van der Waals surface area contributed by atoms with E-state index < -0.39 is 94.8 Å². The number of hydrogen-bond donors (Lipinski definition) is 3. The second-order valence-corrected chi connectivity index (χ2v) is 16.6. The smallest absolute Gasteiger partial charge is 0.338 e. The summed E-state index contributed by atoms with van der Waals surface area (Å²) in [5, 5.41) is 28.6. The van der Waals surface area contributed by atoms with Gasteiger partial charge in [0.25, 0.3) is 0 Å². The second kappa shape index (κ2) is 14.0. The van der Waals surface area contributed by atoms with Crippen LogP contribution in [-0.4, -0.2) is 126 Å². The van der Waals surface area contributed by atoms with Crippen LogP contribution in [0.15, 0.2) is 41.5 Å². The molecule has 3 aliphatic carbocycles. The van der Waals surface area contributed by atoms with E-state index in [9.17, 15) is 29.4 Å². The topological polar surface area (TPSA) is 179 Å². The summed E-state index contributed by atoms with van der Waals surface area (Å²) >= 11 is 0. The molecule has 5 aliphatic rings. The van der Waals surface area contributed by atoms with Crippen molar-refractivity contribution in [2.45, 2.75) is 128 Å². The lowest BCUT2D eigenvalue weighted by atomic mass is 9.44. The fourth-order valence-electron chi connectivity index (χ4n) is 9.89. The van der Waals surface area contributed by atoms with Crippen LogP contribution in [0, 0.1) is 16.7 Å². The van der Waals surface area contributed by atoms with E-state index in [4.69, 9.17) is 28.4 Å². The summed E-state index contributed by atoms with van der Waals surface area (Å²) in [6, 6.07) is 7.82. The molecule has 4 fully saturated rings. The Kier molecular flexibility index (Phi) is 10.4. The second-order valence-electron chi connectivity index (χ2n) is 16.6. The maximum atomic E-state index is 14.2. The van der Waals surface area contributed by atoms with Crippen molar-refractivity contribution in [1.82, 2.24) is 10.2 Å². The number of benzene rings is 1. The van der Waals surface area contributed by atoms with Crippen LogP contribution < -0.4 is 5.32 Å². The van der Waals surface area contributed by atoms with Gasteiger partial charge in [0, 0.05) is 50.1 Å². The van der Waals surface area contributed by atoms with Crippen LogP contribution in [0.2, 0.25) is 0 Å². The number of esters is 3. The Hall–Kier alpha value is -3.40. The predicted octanol–water partition coefficient (Wildman–Crippen LogP) is 2.29. The lowest BCUT2D eigenvalue weighted by Crippen LogP contribution is -2.82. The van der Waals surface area contributed by atoms with Crippen molar-refractivity contribution in [3.63, 3.8) is 0 Å². The number of nitrogens with one attached hydrogen (secondary N) is 1. The van der Waals surface area contributed by atoms with Crippen LogP contribution in [0.4, 0.5) is 0 Å². The predicted molar refractivity (Wildman–Crippen MR) is 188 cm³/mol. The summed E-state index contributed by atoms with van der Waals surface area (Å²) in [6.07, 6.45) is -7.27. The number of carbonyl (C=O) groups excluding carboxylic acids is 4. The zero-order valence-corrected chi connectivity index (χ0v) is 32.0. The third-order valence-corrected chi connectivity index (χ3v) is 12.4. The molecule has 53 heavy (non-hydrogen) atoms. The zero-order chi connectivity index (χ0) is 38.8. The quantitative estimate of drug-likeness (QED) is 0.191. The minimum atomic E-state index is -2.02. The highest BCUT2D eigenvalue weighted by molar-refractivity contribution is 5.89. The molecule has 12 unspecified atom stereocenters. The fraction of sp³-hybridized carbons (Fsp3) is 0.692. The number of fused-ring (bicyclic) bond motifs is 8. The Morgan fingerprint density at radius 3 is 2.32 bits per heavy atom. The standard InChI is InChI=1S/C39H54N2O12/c1-20(40-22(3)42)15-28(45)49-25-17-39(47)34(52-35(46)24-13-11-10-12-14-24)32-37(7,26(44)16-27-38(32,19-48-27)53-23(4)43)33-31(30(21(25)2)36(39,5)6)50-29(51-33)18-41(8)9/h10-14,20,25-27,29,31-34,44,47H,15-19H2,1-9H3,(H,40,42). The molecule has 2 heterocycles. The summed E-state index contributed by atoms with van der Waals surface area (Å²) in [5.74, 6) is -3.36. The van der Waals surface area contributed by atoms with E-state index in [1.165, 1.54) is 13.8 Å². The number of nitrogens with zero attached hydrogens (tertiary/aromatic N) is 1. The van der Waals surface area contributed by atoms with Gasteiger partial charge in [-0.05, 0) is 51.2 Å². The number of likely N-dealkylation sites (N-methyl/N-ethyl adjacent to an activating group) is 1. The third-order valence-electron chi connectivity index (χ3n) is 12.4. The first-order valence-electron chi connectivity index (χ1n) is 18.4. The largest absolute Gasteiger partial charge is 0.458 e. The number of hydrogen-bond acceptors (Lipinski definition) is 13. The van der Waals surface area contributed by atoms with Crippen LogP contribution in [0.25, 0.3) is 0 Å². The summed E-state index contributed by atoms with van der Waals surface area (Å²) in [6.45, 7) is 11.9. The van der Waals surface area contributed by atoms with E-state index in [0.717, 1.165) is 0 Å². The van der Waals surface area contributed by atoms with Gasteiger partial charge in [-0.3, -0.25) is 14.4 Å². The zero-order valence-electron chi connectivity index (χ0n) is 32.0. The Labute approximate surface area is 310 Å². The van der Waals surface area contributed by atoms with Crippen molar-refractivity contribution in [3.05, 3.63) is 47.0 Å². The molecule has 1 amide bonds. The van der Waals surface area contributed by atoms with Crippen LogP contribution in [0.5, 0.6) is 0 Å². The summed E-state index contributed by atoms with van der Waals surface area (Å²) < 4.78 is 38.5. The number of aliphatic hydroxyl groups is 2. The monoisotopic (exact) mass is 742 g/mol. The molecule has 14 nitrogen and oxygen atoms in total. The Bertz CT molecular complexity index is 1650. The van der Waals surface area contributed by atoms with E-state index in [-0.39, 0.29) is 37.3 Å². The third kappa shape index (κ3) is 6.48. The Morgan fingerprint density at radius 1 is 1.06 bits per heavy atom. The molecule has 0 radical (unpaired) electrons. The van der Waals surface area contributed by atoms with Crippen LogP contribution in [0.1, 0.15) is 78.1 Å². The van der Waals surface area contributed by atoms with Gasteiger partial charge in [-0.2, -0.15) is 0 Å². The van der Waals surface area contributed by atoms with Crippen LogP contribution in [-0.2, 0) is 42.8 Å². The van der Waals surface area contributed by atoms with E-state index in [1.54, 1.807) is 37.3 Å². The fourth-order valence-corrected chi connectivity index (χ4v) is 9.89. The van der Waals surface area contributed by atoms with Crippen molar-refractivity contribution in [1.29, 1.82) is 0 Å². The van der Waals surface area contributed by atoms with Crippen molar-refractivity contribution >= 4 is 23.8 Å². The molecular weight excluding hydrogens is 688 g/mol. The first kappa shape index (κ1) is 39.3. The molecule has 6 rings (SSSR count). The van der Waals surface area contributed by atoms with Crippen LogP contribution in [0.3, 0.4) is 0 Å². The van der Waals surface area contributed by atoms with Crippen LogP contribution >= 0.6 is 0 Å². The highest BCUT2D eigenvalue weighted by Gasteiger charge is 2.79. The molecule has 3 N–H and O–H groups in total. The molecule has 2 saturated carbocycles. The molecule has 2 saturated heterocycles. The molecule has 2 aliphatic heterocycles. The van der Waals surface area contributed by atoms with Crippen molar-refractivity contribution in [3.8, 4) is 0 Å². The maximum absolute atomic E-state index is 14.2.